The van der Waals surface area contributed by atoms with Crippen LogP contribution in [0.1, 0.15) is 36.2 Å². The van der Waals surface area contributed by atoms with Crippen LogP contribution < -0.4 is 0 Å². The van der Waals surface area contributed by atoms with Crippen molar-refractivity contribution in [2.24, 2.45) is 0 Å². The van der Waals surface area contributed by atoms with Gasteiger partial charge >= 0.3 is 0 Å². The van der Waals surface area contributed by atoms with E-state index in [2.05, 4.69) is 46.9 Å². The maximum Gasteiger partial charge on any atom is 0.108 e. The number of imidazole rings is 1. The molecular weight excluding hydrogens is 208 g/mol. The molecule has 88 valence electrons. The van der Waals surface area contributed by atoms with Crippen molar-refractivity contribution in [2.75, 3.05) is 0 Å². The lowest BCUT2D eigenvalue weighted by molar-refractivity contribution is 0.494. The van der Waals surface area contributed by atoms with Gasteiger partial charge in [0.2, 0.25) is 0 Å². The molecule has 1 atom stereocenters. The molecule has 3 rings (SSSR count). The number of fused-ring (bicyclic) bond motifs is 1. The Hall–Kier alpha value is -1.57. The first-order chi connectivity index (χ1) is 8.38. The van der Waals surface area contributed by atoms with Gasteiger partial charge in [0.15, 0.2) is 0 Å². The number of rotatable bonds is 4. The summed E-state index contributed by atoms with van der Waals surface area (Å²) in [6.07, 6.45) is 7.51. The molecule has 0 saturated heterocycles. The molecule has 0 spiro atoms. The summed E-state index contributed by atoms with van der Waals surface area (Å²) < 4.78 is 2.32. The van der Waals surface area contributed by atoms with E-state index in [9.17, 15) is 0 Å². The highest BCUT2D eigenvalue weighted by molar-refractivity contribution is 5.39. The lowest BCUT2D eigenvalue weighted by Crippen LogP contribution is -2.22. The van der Waals surface area contributed by atoms with Gasteiger partial charge in [-0.05, 0) is 24.0 Å². The van der Waals surface area contributed by atoms with Crippen molar-refractivity contribution >= 4 is 0 Å². The van der Waals surface area contributed by atoms with Crippen molar-refractivity contribution in [1.29, 1.82) is 0 Å². The lowest BCUT2D eigenvalue weighted by Gasteiger charge is -2.30. The third kappa shape index (κ3) is 1.88. The van der Waals surface area contributed by atoms with E-state index in [-0.39, 0.29) is 0 Å². The Bertz CT molecular complexity index is 513. The van der Waals surface area contributed by atoms with Gasteiger partial charge in [0.1, 0.15) is 5.82 Å². The molecule has 0 fully saturated rings. The van der Waals surface area contributed by atoms with Crippen LogP contribution in [-0.4, -0.2) is 9.55 Å². The molecule has 2 heteroatoms. The van der Waals surface area contributed by atoms with E-state index in [1.54, 1.807) is 0 Å². The zero-order chi connectivity index (χ0) is 11.7. The number of nitrogens with zero attached hydrogens (tertiary/aromatic N) is 2. The van der Waals surface area contributed by atoms with Crippen LogP contribution in [0.5, 0.6) is 0 Å². The van der Waals surface area contributed by atoms with Gasteiger partial charge in [0.05, 0.1) is 0 Å². The van der Waals surface area contributed by atoms with Crippen molar-refractivity contribution in [3.05, 3.63) is 53.6 Å². The normalized spacial score (nSPS) is 17.6. The lowest BCUT2D eigenvalue weighted by atomic mass is 9.77. The average Bonchev–Trinajstić information content (AvgIpc) is 2.74. The molecule has 0 bridgehead atoms. The van der Waals surface area contributed by atoms with Crippen LogP contribution in [0.4, 0.5) is 0 Å². The fraction of sp³-hybridized carbons (Fsp3) is 0.400. The number of aromatic nitrogens is 2. The highest BCUT2D eigenvalue weighted by Crippen LogP contribution is 2.36. The SMILES string of the molecule is CCCc1nccn1CC1Cc2ccccc21. The van der Waals surface area contributed by atoms with Crippen LogP contribution >= 0.6 is 0 Å². The molecule has 2 aromatic rings. The summed E-state index contributed by atoms with van der Waals surface area (Å²) in [6, 6.07) is 8.78. The van der Waals surface area contributed by atoms with Gasteiger partial charge in [0, 0.05) is 31.3 Å². The van der Waals surface area contributed by atoms with E-state index in [0.29, 0.717) is 5.92 Å². The molecule has 0 N–H and O–H groups in total. The fourth-order valence-electron chi connectivity index (χ4n) is 2.72. The Balaban J connectivity index is 1.75. The van der Waals surface area contributed by atoms with Crippen LogP contribution in [0.25, 0.3) is 0 Å². The van der Waals surface area contributed by atoms with Gasteiger partial charge in [0.25, 0.3) is 0 Å². The summed E-state index contributed by atoms with van der Waals surface area (Å²) >= 11 is 0. The highest BCUT2D eigenvalue weighted by Gasteiger charge is 2.25. The molecule has 1 aliphatic carbocycles. The van der Waals surface area contributed by atoms with Crippen molar-refractivity contribution < 1.29 is 0 Å². The average molecular weight is 226 g/mol. The zero-order valence-electron chi connectivity index (χ0n) is 10.3. The van der Waals surface area contributed by atoms with Gasteiger partial charge in [-0.1, -0.05) is 31.2 Å². The van der Waals surface area contributed by atoms with E-state index in [4.69, 9.17) is 0 Å². The predicted molar refractivity (Wildman–Crippen MR) is 69.1 cm³/mol. The first-order valence-electron chi connectivity index (χ1n) is 6.46. The molecule has 1 heterocycles. The predicted octanol–water partition coefficient (Wildman–Crippen LogP) is 3.18. The zero-order valence-corrected chi connectivity index (χ0v) is 10.3. The molecular formula is C15H18N2. The molecule has 17 heavy (non-hydrogen) atoms. The van der Waals surface area contributed by atoms with E-state index >= 15 is 0 Å². The molecule has 0 radical (unpaired) electrons. The van der Waals surface area contributed by atoms with Gasteiger partial charge in [-0.15, -0.1) is 0 Å². The second-order valence-electron chi connectivity index (χ2n) is 4.85. The molecule has 1 aromatic carbocycles. The van der Waals surface area contributed by atoms with Gasteiger partial charge in [-0.2, -0.15) is 0 Å². The number of hydrogen-bond donors (Lipinski definition) is 0. The van der Waals surface area contributed by atoms with Crippen molar-refractivity contribution in [3.8, 4) is 0 Å². The quantitative estimate of drug-likeness (QED) is 0.783. The third-order valence-electron chi connectivity index (χ3n) is 3.65. The monoisotopic (exact) mass is 226 g/mol. The molecule has 1 aromatic heterocycles. The molecule has 0 aliphatic heterocycles. The highest BCUT2D eigenvalue weighted by atomic mass is 15.1. The minimum Gasteiger partial charge on any atom is -0.334 e. The molecule has 1 aliphatic rings. The summed E-state index contributed by atoms with van der Waals surface area (Å²) in [5.74, 6) is 1.92. The summed E-state index contributed by atoms with van der Waals surface area (Å²) in [5.41, 5.74) is 3.05. The number of benzene rings is 1. The Labute approximate surface area is 102 Å². The minimum atomic E-state index is 0.691. The minimum absolute atomic E-state index is 0.691. The molecule has 0 saturated carbocycles. The maximum atomic E-state index is 4.44. The Morgan fingerprint density at radius 2 is 2.24 bits per heavy atom. The fourth-order valence-corrected chi connectivity index (χ4v) is 2.72. The summed E-state index contributed by atoms with van der Waals surface area (Å²) in [4.78, 5) is 4.44. The maximum absolute atomic E-state index is 4.44. The van der Waals surface area contributed by atoms with Crippen LogP contribution in [-0.2, 0) is 19.4 Å². The first-order valence-corrected chi connectivity index (χ1v) is 6.46. The second kappa shape index (κ2) is 4.36. The van der Waals surface area contributed by atoms with Gasteiger partial charge in [-0.25, -0.2) is 4.98 Å². The van der Waals surface area contributed by atoms with E-state index in [0.717, 1.165) is 19.4 Å². The van der Waals surface area contributed by atoms with Gasteiger partial charge < -0.3 is 4.57 Å². The summed E-state index contributed by atoms with van der Waals surface area (Å²) in [7, 11) is 0. The Morgan fingerprint density at radius 1 is 1.35 bits per heavy atom. The summed E-state index contributed by atoms with van der Waals surface area (Å²) in [6.45, 7) is 3.30. The van der Waals surface area contributed by atoms with Gasteiger partial charge in [-0.3, -0.25) is 0 Å². The Kier molecular flexibility index (Phi) is 2.71. The summed E-state index contributed by atoms with van der Waals surface area (Å²) in [5, 5.41) is 0. The number of aryl methyl sites for hydroxylation is 1. The van der Waals surface area contributed by atoms with E-state index < -0.39 is 0 Å². The smallest absolute Gasteiger partial charge is 0.108 e. The van der Waals surface area contributed by atoms with Crippen molar-refractivity contribution in [1.82, 2.24) is 9.55 Å². The van der Waals surface area contributed by atoms with Crippen LogP contribution in [0.3, 0.4) is 0 Å². The van der Waals surface area contributed by atoms with E-state index in [1.807, 2.05) is 6.20 Å². The molecule has 1 unspecified atom stereocenters. The largest absolute Gasteiger partial charge is 0.334 e. The van der Waals surface area contributed by atoms with Crippen molar-refractivity contribution in [3.63, 3.8) is 0 Å². The third-order valence-corrected chi connectivity index (χ3v) is 3.65. The van der Waals surface area contributed by atoms with Crippen LogP contribution in [0, 0.1) is 0 Å². The van der Waals surface area contributed by atoms with E-state index in [1.165, 1.54) is 23.4 Å². The van der Waals surface area contributed by atoms with Crippen LogP contribution in [0.15, 0.2) is 36.7 Å². The van der Waals surface area contributed by atoms with Crippen LogP contribution in [0.2, 0.25) is 0 Å². The second-order valence-corrected chi connectivity index (χ2v) is 4.85. The van der Waals surface area contributed by atoms with Crippen molar-refractivity contribution in [2.45, 2.75) is 38.6 Å². The molecule has 0 amide bonds. The first kappa shape index (κ1) is 10.6. The topological polar surface area (TPSA) is 17.8 Å². The molecule has 2 nitrogen and oxygen atoms in total. The standard InChI is InChI=1S/C15H18N2/c1-2-5-15-16-8-9-17(15)11-13-10-12-6-3-4-7-14(12)13/h3-4,6-9,13H,2,5,10-11H2,1H3. The number of hydrogen-bond acceptors (Lipinski definition) is 1. The Morgan fingerprint density at radius 3 is 3.06 bits per heavy atom.